The van der Waals surface area contributed by atoms with Gasteiger partial charge in [-0.2, -0.15) is 5.10 Å². The first-order chi connectivity index (χ1) is 7.58. The van der Waals surface area contributed by atoms with Crippen LogP contribution >= 0.6 is 0 Å². The largest absolute Gasteiger partial charge is 0.508 e. The Balaban J connectivity index is 2.50. The first-order valence-electron chi connectivity index (χ1n) is 5.43. The van der Waals surface area contributed by atoms with Crippen molar-refractivity contribution in [2.45, 2.75) is 26.8 Å². The fourth-order valence-electron chi connectivity index (χ4n) is 1.76. The normalized spacial score (nSPS) is 11.0. The fraction of sp³-hybridized carbons (Fsp3) is 0.308. The van der Waals surface area contributed by atoms with Crippen LogP contribution in [0.4, 0.5) is 0 Å². The fourth-order valence-corrected chi connectivity index (χ4v) is 1.76. The molecule has 1 heterocycles. The number of aromatic nitrogens is 2. The lowest BCUT2D eigenvalue weighted by atomic mass is 10.1. The third kappa shape index (κ3) is 1.94. The Morgan fingerprint density at radius 2 is 1.81 bits per heavy atom. The summed E-state index contributed by atoms with van der Waals surface area (Å²) in [5.74, 6) is 0.288. The van der Waals surface area contributed by atoms with Gasteiger partial charge in [-0.05, 0) is 51.1 Å². The summed E-state index contributed by atoms with van der Waals surface area (Å²) in [6.45, 7) is 6.20. The summed E-state index contributed by atoms with van der Waals surface area (Å²) in [5, 5.41) is 13.7. The van der Waals surface area contributed by atoms with Crippen molar-refractivity contribution in [1.29, 1.82) is 0 Å². The Bertz CT molecular complexity index is 483. The summed E-state index contributed by atoms with van der Waals surface area (Å²) < 4.78 is 2.00. The highest BCUT2D eigenvalue weighted by molar-refractivity contribution is 5.61. The van der Waals surface area contributed by atoms with Gasteiger partial charge in [-0.1, -0.05) is 0 Å². The lowest BCUT2D eigenvalue weighted by molar-refractivity contribution is 0.475. The number of aromatic hydroxyl groups is 1. The summed E-state index contributed by atoms with van der Waals surface area (Å²) in [4.78, 5) is 0. The molecule has 2 rings (SSSR count). The van der Waals surface area contributed by atoms with E-state index in [1.807, 2.05) is 23.7 Å². The summed E-state index contributed by atoms with van der Waals surface area (Å²) in [6, 6.07) is 9.60. The highest BCUT2D eigenvalue weighted by Gasteiger charge is 2.10. The zero-order valence-corrected chi connectivity index (χ0v) is 9.81. The van der Waals surface area contributed by atoms with E-state index in [2.05, 4.69) is 25.0 Å². The minimum Gasteiger partial charge on any atom is -0.508 e. The SMILES string of the molecule is Cc1cc(-c2ccc(O)cc2)n(C(C)C)n1. The highest BCUT2D eigenvalue weighted by Crippen LogP contribution is 2.25. The number of hydrogen-bond donors (Lipinski definition) is 1. The van der Waals surface area contributed by atoms with Gasteiger partial charge < -0.3 is 5.11 Å². The molecular formula is C13H16N2O. The maximum absolute atomic E-state index is 9.26. The Kier molecular flexibility index (Phi) is 2.69. The van der Waals surface area contributed by atoms with Crippen LogP contribution < -0.4 is 0 Å². The first-order valence-corrected chi connectivity index (χ1v) is 5.43. The molecule has 0 bridgehead atoms. The van der Waals surface area contributed by atoms with Crippen molar-refractivity contribution in [3.05, 3.63) is 36.0 Å². The molecule has 0 aliphatic rings. The molecule has 0 aliphatic heterocycles. The number of nitrogens with zero attached hydrogens (tertiary/aromatic N) is 2. The van der Waals surface area contributed by atoms with Crippen LogP contribution in [0.2, 0.25) is 0 Å². The quantitative estimate of drug-likeness (QED) is 0.837. The van der Waals surface area contributed by atoms with E-state index in [4.69, 9.17) is 0 Å². The van der Waals surface area contributed by atoms with E-state index in [9.17, 15) is 5.11 Å². The van der Waals surface area contributed by atoms with Gasteiger partial charge in [0.25, 0.3) is 0 Å². The third-order valence-electron chi connectivity index (χ3n) is 2.51. The van der Waals surface area contributed by atoms with Crippen LogP contribution in [0.5, 0.6) is 5.75 Å². The molecule has 1 aromatic heterocycles. The van der Waals surface area contributed by atoms with Crippen LogP contribution in [0.15, 0.2) is 30.3 Å². The molecule has 84 valence electrons. The molecule has 3 heteroatoms. The average molecular weight is 216 g/mol. The lowest BCUT2D eigenvalue weighted by Gasteiger charge is -2.10. The molecule has 0 spiro atoms. The van der Waals surface area contributed by atoms with Crippen molar-refractivity contribution in [2.75, 3.05) is 0 Å². The van der Waals surface area contributed by atoms with Crippen molar-refractivity contribution in [3.63, 3.8) is 0 Å². The number of hydrogen-bond acceptors (Lipinski definition) is 2. The van der Waals surface area contributed by atoms with Gasteiger partial charge in [0.2, 0.25) is 0 Å². The maximum atomic E-state index is 9.26. The number of rotatable bonds is 2. The minimum absolute atomic E-state index is 0.288. The molecule has 0 fully saturated rings. The molecule has 16 heavy (non-hydrogen) atoms. The molecule has 0 amide bonds. The second-order valence-corrected chi connectivity index (χ2v) is 4.26. The van der Waals surface area contributed by atoms with E-state index in [1.165, 1.54) is 0 Å². The van der Waals surface area contributed by atoms with E-state index in [1.54, 1.807) is 12.1 Å². The molecule has 0 unspecified atom stereocenters. The van der Waals surface area contributed by atoms with Crippen LogP contribution in [0.25, 0.3) is 11.3 Å². The standard InChI is InChI=1S/C13H16N2O/c1-9(2)15-13(8-10(3)14-15)11-4-6-12(16)7-5-11/h4-9,16H,1-3H3. The van der Waals surface area contributed by atoms with Gasteiger partial charge >= 0.3 is 0 Å². The number of phenolic OH excluding ortho intramolecular Hbond substituents is 1. The molecule has 1 N–H and O–H groups in total. The maximum Gasteiger partial charge on any atom is 0.115 e. The van der Waals surface area contributed by atoms with Gasteiger partial charge in [-0.15, -0.1) is 0 Å². The van der Waals surface area contributed by atoms with Crippen molar-refractivity contribution in [1.82, 2.24) is 9.78 Å². The molecule has 0 aliphatic carbocycles. The van der Waals surface area contributed by atoms with Crippen molar-refractivity contribution in [2.24, 2.45) is 0 Å². The van der Waals surface area contributed by atoms with Crippen molar-refractivity contribution >= 4 is 0 Å². The minimum atomic E-state index is 0.288. The Hall–Kier alpha value is -1.77. The summed E-state index contributed by atoms with van der Waals surface area (Å²) in [7, 11) is 0. The van der Waals surface area contributed by atoms with E-state index >= 15 is 0 Å². The van der Waals surface area contributed by atoms with Crippen LogP contribution in [0.1, 0.15) is 25.6 Å². The number of benzene rings is 1. The molecular weight excluding hydrogens is 200 g/mol. The second kappa shape index (κ2) is 4.00. The molecule has 0 saturated heterocycles. The smallest absolute Gasteiger partial charge is 0.115 e. The Morgan fingerprint density at radius 3 is 2.38 bits per heavy atom. The van der Waals surface area contributed by atoms with E-state index in [0.717, 1.165) is 17.0 Å². The van der Waals surface area contributed by atoms with Crippen LogP contribution in [-0.2, 0) is 0 Å². The first kappa shape index (κ1) is 10.7. The summed E-state index contributed by atoms with van der Waals surface area (Å²) in [5.41, 5.74) is 3.18. The van der Waals surface area contributed by atoms with Crippen LogP contribution in [0.3, 0.4) is 0 Å². The average Bonchev–Trinajstić information content (AvgIpc) is 2.61. The molecule has 0 radical (unpaired) electrons. The zero-order chi connectivity index (χ0) is 11.7. The van der Waals surface area contributed by atoms with E-state index < -0.39 is 0 Å². The van der Waals surface area contributed by atoms with Crippen molar-refractivity contribution < 1.29 is 5.11 Å². The summed E-state index contributed by atoms with van der Waals surface area (Å²) in [6.07, 6.45) is 0. The predicted octanol–water partition coefficient (Wildman–Crippen LogP) is 3.15. The molecule has 1 aromatic carbocycles. The molecule has 0 atom stereocenters. The van der Waals surface area contributed by atoms with E-state index in [0.29, 0.717) is 6.04 Å². The third-order valence-corrected chi connectivity index (χ3v) is 2.51. The van der Waals surface area contributed by atoms with Gasteiger partial charge in [-0.3, -0.25) is 4.68 Å². The molecule has 3 nitrogen and oxygen atoms in total. The van der Waals surface area contributed by atoms with Crippen LogP contribution in [-0.4, -0.2) is 14.9 Å². The molecule has 2 aromatic rings. The van der Waals surface area contributed by atoms with Gasteiger partial charge in [0, 0.05) is 11.6 Å². The zero-order valence-electron chi connectivity index (χ0n) is 9.81. The summed E-state index contributed by atoms with van der Waals surface area (Å²) >= 11 is 0. The van der Waals surface area contributed by atoms with Gasteiger partial charge in [0.15, 0.2) is 0 Å². The van der Waals surface area contributed by atoms with Gasteiger partial charge in [0.1, 0.15) is 5.75 Å². The number of phenols is 1. The second-order valence-electron chi connectivity index (χ2n) is 4.26. The lowest BCUT2D eigenvalue weighted by Crippen LogP contribution is -2.04. The topological polar surface area (TPSA) is 38.0 Å². The van der Waals surface area contributed by atoms with Crippen molar-refractivity contribution in [3.8, 4) is 17.0 Å². The van der Waals surface area contributed by atoms with Crippen LogP contribution in [0, 0.1) is 6.92 Å². The number of aryl methyl sites for hydroxylation is 1. The molecule has 0 saturated carbocycles. The van der Waals surface area contributed by atoms with Gasteiger partial charge in [0.05, 0.1) is 11.4 Å². The Labute approximate surface area is 95.3 Å². The van der Waals surface area contributed by atoms with Gasteiger partial charge in [-0.25, -0.2) is 0 Å². The monoisotopic (exact) mass is 216 g/mol. The predicted molar refractivity (Wildman–Crippen MR) is 64.4 cm³/mol. The highest BCUT2D eigenvalue weighted by atomic mass is 16.3. The van der Waals surface area contributed by atoms with E-state index in [-0.39, 0.29) is 5.75 Å². The Morgan fingerprint density at radius 1 is 1.19 bits per heavy atom.